The number of rotatable bonds is 4. The molecule has 5 aliphatic rings. The summed E-state index contributed by atoms with van der Waals surface area (Å²) in [6.45, 7) is 4.57. The Hall–Kier alpha value is -6.82. The van der Waals surface area contributed by atoms with Crippen molar-refractivity contribution in [2.24, 2.45) is 5.92 Å². The van der Waals surface area contributed by atoms with Gasteiger partial charge in [-0.3, -0.25) is 0 Å². The minimum atomic E-state index is -0.583. The summed E-state index contributed by atoms with van der Waals surface area (Å²) in [6, 6.07) is 60.5. The summed E-state index contributed by atoms with van der Waals surface area (Å²) in [5, 5.41) is 0. The molecule has 0 radical (unpaired) electrons. The van der Waals surface area contributed by atoms with Crippen LogP contribution >= 0.6 is 11.8 Å². The molecule has 8 aromatic rings. The largest absolute Gasteiger partial charge is 0.310 e. The number of hydrogen-bond acceptors (Lipinski definition) is 5. The molecule has 5 heteroatoms. The summed E-state index contributed by atoms with van der Waals surface area (Å²) >= 11 is 1.91. The van der Waals surface area contributed by atoms with Crippen LogP contribution in [0.1, 0.15) is 78.8 Å². The molecule has 1 aromatic heterocycles. The van der Waals surface area contributed by atoms with E-state index in [0.717, 1.165) is 28.8 Å². The van der Waals surface area contributed by atoms with E-state index in [-0.39, 0.29) is 5.41 Å². The second kappa shape index (κ2) is 14.9. The third-order valence-corrected chi connectivity index (χ3v) is 16.1. The number of fused-ring (bicyclic) bond motifs is 13. The predicted octanol–water partition coefficient (Wildman–Crippen LogP) is 15.5. The third-order valence-electron chi connectivity index (χ3n) is 14.9. The average Bonchev–Trinajstić information content (AvgIpc) is 3.60. The predicted molar refractivity (Wildman–Crippen MR) is 267 cm³/mol. The molecule has 4 nitrogen and oxygen atoms in total. The van der Waals surface area contributed by atoms with Crippen LogP contribution in [0.3, 0.4) is 0 Å². The number of anilines is 3. The summed E-state index contributed by atoms with van der Waals surface area (Å²) in [5.41, 5.74) is 18.2. The number of hydrogen-bond donors (Lipinski definition) is 0. The first-order valence-corrected chi connectivity index (χ1v) is 24.2. The Morgan fingerprint density at radius 1 is 0.538 bits per heavy atom. The first-order chi connectivity index (χ1) is 32.0. The molecule has 0 saturated heterocycles. The summed E-state index contributed by atoms with van der Waals surface area (Å²) in [4.78, 5) is 21.2. The first-order valence-electron chi connectivity index (χ1n) is 23.4. The lowest BCUT2D eigenvalue weighted by Crippen LogP contribution is -2.41. The summed E-state index contributed by atoms with van der Waals surface area (Å²) in [6.07, 6.45) is 12.2. The number of aromatic nitrogens is 3. The van der Waals surface area contributed by atoms with Crippen molar-refractivity contribution < 1.29 is 0 Å². The van der Waals surface area contributed by atoms with Crippen LogP contribution in [0, 0.1) is 12.8 Å². The number of allylic oxidation sites excluding steroid dienone is 3. The fraction of sp³-hybridized carbons (Fsp3) is 0.183. The number of thioether (sulfide) groups is 1. The highest BCUT2D eigenvalue weighted by atomic mass is 32.2. The van der Waals surface area contributed by atoms with Gasteiger partial charge in [0.15, 0.2) is 17.5 Å². The number of nitrogens with zero attached hydrogens (tertiary/aromatic N) is 4. The van der Waals surface area contributed by atoms with E-state index < -0.39 is 5.41 Å². The maximum absolute atomic E-state index is 5.47. The molecule has 1 fully saturated rings. The van der Waals surface area contributed by atoms with Crippen molar-refractivity contribution in [3.8, 4) is 45.3 Å². The van der Waals surface area contributed by atoms with Crippen LogP contribution in [0.4, 0.5) is 17.1 Å². The maximum atomic E-state index is 5.47. The Labute approximate surface area is 385 Å². The highest BCUT2D eigenvalue weighted by Gasteiger charge is 2.52. The Bertz CT molecular complexity index is 3240. The summed E-state index contributed by atoms with van der Waals surface area (Å²) in [5.74, 6) is 2.52. The van der Waals surface area contributed by atoms with Crippen LogP contribution in [0.25, 0.3) is 45.3 Å². The second-order valence-corrected chi connectivity index (χ2v) is 19.8. The van der Waals surface area contributed by atoms with Crippen molar-refractivity contribution >= 4 is 28.8 Å². The van der Waals surface area contributed by atoms with E-state index in [0.29, 0.717) is 23.4 Å². The zero-order chi connectivity index (χ0) is 43.3. The SMILES string of the molecule is Cc1ccc2c(c1)C1(CCCCC1)c1cc(-c3nc(-c4ccccc4)nc(-c4ccc5c(c4)C4(C6=CCC(C)C=C6S5)c5ccccc5N(c5ccccc5)c5ccccc54)n3)ccc1-2. The Morgan fingerprint density at radius 3 is 1.80 bits per heavy atom. The molecule has 1 unspecified atom stereocenters. The van der Waals surface area contributed by atoms with Crippen molar-refractivity contribution in [2.45, 2.75) is 68.1 Å². The van der Waals surface area contributed by atoms with Crippen LogP contribution in [0.2, 0.25) is 0 Å². The average molecular weight is 857 g/mol. The third kappa shape index (κ3) is 5.81. The van der Waals surface area contributed by atoms with Gasteiger partial charge in [0.05, 0.1) is 16.8 Å². The topological polar surface area (TPSA) is 41.9 Å². The van der Waals surface area contributed by atoms with Gasteiger partial charge in [0.2, 0.25) is 0 Å². The molecule has 0 N–H and O–H groups in total. The van der Waals surface area contributed by atoms with E-state index in [9.17, 15) is 0 Å². The minimum Gasteiger partial charge on any atom is -0.310 e. The molecule has 3 heterocycles. The van der Waals surface area contributed by atoms with Crippen LogP contribution < -0.4 is 4.90 Å². The van der Waals surface area contributed by atoms with Gasteiger partial charge < -0.3 is 4.90 Å². The summed E-state index contributed by atoms with van der Waals surface area (Å²) < 4.78 is 0. The monoisotopic (exact) mass is 856 g/mol. The standard InChI is InChI=1S/C60H48N4S/c1-38-24-28-44-45-29-26-41(36-50(45)59(49(44)34-38)32-14-5-15-33-59)57-61-56(40-16-6-3-7-17-40)62-58(63-57)42-27-31-54-51(37-42)60(48-30-25-39(2)35-55(48)65-54)46-20-10-12-22-52(46)64(43-18-8-4-9-19-43)53-23-13-11-21-47(53)60/h3-4,6-13,16-24,26-31,34-37,39H,5,14-15,25,32-33H2,1-2H3. The summed E-state index contributed by atoms with van der Waals surface area (Å²) in [7, 11) is 0. The van der Waals surface area contributed by atoms with Gasteiger partial charge in [0.1, 0.15) is 0 Å². The quantitative estimate of drug-likeness (QED) is 0.176. The highest BCUT2D eigenvalue weighted by molar-refractivity contribution is 8.03. The molecule has 7 aromatic carbocycles. The van der Waals surface area contributed by atoms with Crippen molar-refractivity contribution in [2.75, 3.05) is 4.90 Å². The molecule has 13 rings (SSSR count). The van der Waals surface area contributed by atoms with Crippen molar-refractivity contribution in [1.82, 2.24) is 15.0 Å². The number of benzene rings is 7. The van der Waals surface area contributed by atoms with E-state index in [1.165, 1.54) is 103 Å². The molecule has 2 spiro atoms. The molecule has 1 atom stereocenters. The number of aryl methyl sites for hydroxylation is 1. The molecule has 314 valence electrons. The van der Waals surface area contributed by atoms with Gasteiger partial charge in [-0.15, -0.1) is 0 Å². The van der Waals surface area contributed by atoms with Crippen LogP contribution in [-0.4, -0.2) is 15.0 Å². The fourth-order valence-electron chi connectivity index (χ4n) is 12.0. The zero-order valence-electron chi connectivity index (χ0n) is 36.8. The minimum absolute atomic E-state index is 0.0229. The van der Waals surface area contributed by atoms with Gasteiger partial charge >= 0.3 is 0 Å². The molecule has 65 heavy (non-hydrogen) atoms. The molecular weight excluding hydrogens is 809 g/mol. The Kier molecular flexibility index (Phi) is 8.83. The van der Waals surface area contributed by atoms with Crippen molar-refractivity contribution in [1.29, 1.82) is 0 Å². The first kappa shape index (κ1) is 38.6. The fourth-order valence-corrected chi connectivity index (χ4v) is 13.4. The van der Waals surface area contributed by atoms with Gasteiger partial charge in [-0.05, 0) is 119 Å². The van der Waals surface area contributed by atoms with Crippen LogP contribution in [0.15, 0.2) is 191 Å². The van der Waals surface area contributed by atoms with Gasteiger partial charge in [-0.2, -0.15) is 0 Å². The molecular formula is C60H48N4S. The van der Waals surface area contributed by atoms with Gasteiger partial charge in [-0.1, -0.05) is 177 Å². The van der Waals surface area contributed by atoms with Gasteiger partial charge in [0, 0.05) is 37.6 Å². The normalized spacial score (nSPS) is 18.1. The van der Waals surface area contributed by atoms with E-state index >= 15 is 0 Å². The highest BCUT2D eigenvalue weighted by Crippen LogP contribution is 2.65. The van der Waals surface area contributed by atoms with Gasteiger partial charge in [-0.25, -0.2) is 15.0 Å². The zero-order valence-corrected chi connectivity index (χ0v) is 37.6. The smallest absolute Gasteiger partial charge is 0.164 e. The maximum Gasteiger partial charge on any atom is 0.164 e. The van der Waals surface area contributed by atoms with E-state index in [4.69, 9.17) is 15.0 Å². The lowest BCUT2D eigenvalue weighted by molar-refractivity contribution is 0.353. The molecule has 0 bridgehead atoms. The van der Waals surface area contributed by atoms with Gasteiger partial charge in [0.25, 0.3) is 0 Å². The van der Waals surface area contributed by atoms with Crippen LogP contribution in [0.5, 0.6) is 0 Å². The molecule has 2 aliphatic heterocycles. The van der Waals surface area contributed by atoms with Crippen molar-refractivity contribution in [3.05, 3.63) is 220 Å². The van der Waals surface area contributed by atoms with Crippen LogP contribution in [-0.2, 0) is 10.8 Å². The Morgan fingerprint density at radius 2 is 1.11 bits per heavy atom. The van der Waals surface area contributed by atoms with E-state index in [1.54, 1.807) is 0 Å². The molecule has 0 amide bonds. The lowest BCUT2D eigenvalue weighted by atomic mass is 9.60. The lowest BCUT2D eigenvalue weighted by Gasteiger charge is -2.50. The Balaban J connectivity index is 1.03. The second-order valence-electron chi connectivity index (χ2n) is 18.8. The van der Waals surface area contributed by atoms with E-state index in [1.807, 2.05) is 11.8 Å². The number of para-hydroxylation sites is 3. The molecule has 3 aliphatic carbocycles. The van der Waals surface area contributed by atoms with E-state index in [2.05, 4.69) is 195 Å². The molecule has 1 saturated carbocycles. The van der Waals surface area contributed by atoms with Crippen molar-refractivity contribution in [3.63, 3.8) is 0 Å².